The third-order valence-electron chi connectivity index (χ3n) is 3.69. The number of oxazole rings is 1. The van der Waals surface area contributed by atoms with Crippen molar-refractivity contribution in [3.63, 3.8) is 0 Å². The molecule has 3 N–H and O–H groups in total. The van der Waals surface area contributed by atoms with Gasteiger partial charge < -0.3 is 19.8 Å². The summed E-state index contributed by atoms with van der Waals surface area (Å²) in [4.78, 5) is 25.4. The topological polar surface area (TPSA) is 96.4 Å². The van der Waals surface area contributed by atoms with Crippen LogP contribution < -0.4 is 21.1 Å². The van der Waals surface area contributed by atoms with Crippen LogP contribution in [0.15, 0.2) is 45.6 Å². The molecule has 3 aromatic rings. The second-order valence-electron chi connectivity index (χ2n) is 5.55. The molecule has 0 radical (unpaired) electrons. The predicted octanol–water partition coefficient (Wildman–Crippen LogP) is 3.02. The molecule has 2 amide bonds. The maximum Gasteiger partial charge on any atom is 0.417 e. The van der Waals surface area contributed by atoms with E-state index in [2.05, 4.69) is 15.6 Å². The molecule has 0 atom stereocenters. The average molecular weight is 359 g/mol. The summed E-state index contributed by atoms with van der Waals surface area (Å²) in [5.74, 6) is -0.559. The number of urea groups is 1. The standard InChI is InChI=1S/C18H18FN3O4/c1-2-25-12-5-3-11(4-6-12)7-8-20-17(23)21-14-10-16-15(9-13(14)19)22-18(24)26-16/h3-6,9-10H,2,7-8H2,1H3,(H,22,24)(H2,20,21,23). The van der Waals surface area contributed by atoms with Gasteiger partial charge in [0.25, 0.3) is 0 Å². The largest absolute Gasteiger partial charge is 0.494 e. The smallest absolute Gasteiger partial charge is 0.417 e. The Labute approximate surface area is 148 Å². The van der Waals surface area contributed by atoms with Crippen molar-refractivity contribution >= 4 is 22.8 Å². The van der Waals surface area contributed by atoms with E-state index in [-0.39, 0.29) is 16.8 Å². The predicted molar refractivity (Wildman–Crippen MR) is 95.1 cm³/mol. The summed E-state index contributed by atoms with van der Waals surface area (Å²) in [6.45, 7) is 2.90. The fraction of sp³-hybridized carbons (Fsp3) is 0.222. The Bertz CT molecular complexity index is 963. The first kappa shape index (κ1) is 17.5. The van der Waals surface area contributed by atoms with Gasteiger partial charge in [0.2, 0.25) is 0 Å². The molecular weight excluding hydrogens is 341 g/mol. The third kappa shape index (κ3) is 4.21. The van der Waals surface area contributed by atoms with E-state index in [1.54, 1.807) is 0 Å². The Kier molecular flexibility index (Phi) is 5.21. The van der Waals surface area contributed by atoms with Crippen molar-refractivity contribution in [3.05, 3.63) is 58.3 Å². The van der Waals surface area contributed by atoms with Crippen LogP contribution in [0.1, 0.15) is 12.5 Å². The molecule has 1 heterocycles. The minimum absolute atomic E-state index is 0.0705. The highest BCUT2D eigenvalue weighted by molar-refractivity contribution is 5.91. The number of carbonyl (C=O) groups excluding carboxylic acids is 1. The Morgan fingerprint density at radius 2 is 2.04 bits per heavy atom. The van der Waals surface area contributed by atoms with Crippen LogP contribution >= 0.6 is 0 Å². The molecule has 7 nitrogen and oxygen atoms in total. The number of nitrogens with one attached hydrogen (secondary N) is 3. The number of hydrogen-bond donors (Lipinski definition) is 3. The minimum atomic E-state index is -0.684. The van der Waals surface area contributed by atoms with Gasteiger partial charge >= 0.3 is 11.8 Å². The molecule has 0 fully saturated rings. The molecule has 2 aromatic carbocycles. The van der Waals surface area contributed by atoms with E-state index in [0.717, 1.165) is 17.4 Å². The van der Waals surface area contributed by atoms with Crippen LogP contribution in [0.5, 0.6) is 5.75 Å². The van der Waals surface area contributed by atoms with Crippen molar-refractivity contribution in [2.75, 3.05) is 18.5 Å². The lowest BCUT2D eigenvalue weighted by molar-refractivity contribution is 0.252. The minimum Gasteiger partial charge on any atom is -0.494 e. The number of aromatic amines is 1. The van der Waals surface area contributed by atoms with Crippen molar-refractivity contribution in [1.82, 2.24) is 10.3 Å². The Morgan fingerprint density at radius 1 is 1.27 bits per heavy atom. The van der Waals surface area contributed by atoms with Gasteiger partial charge in [-0.3, -0.25) is 4.98 Å². The molecule has 26 heavy (non-hydrogen) atoms. The van der Waals surface area contributed by atoms with E-state index in [1.807, 2.05) is 31.2 Å². The maximum absolute atomic E-state index is 14.0. The second-order valence-corrected chi connectivity index (χ2v) is 5.55. The van der Waals surface area contributed by atoms with E-state index in [4.69, 9.17) is 9.15 Å². The van der Waals surface area contributed by atoms with Gasteiger partial charge in [-0.15, -0.1) is 0 Å². The summed E-state index contributed by atoms with van der Waals surface area (Å²) in [6.07, 6.45) is 0.619. The van der Waals surface area contributed by atoms with E-state index in [0.29, 0.717) is 19.6 Å². The Hall–Kier alpha value is -3.29. The van der Waals surface area contributed by atoms with Gasteiger partial charge in [0, 0.05) is 18.7 Å². The number of H-pyrrole nitrogens is 1. The number of benzene rings is 2. The first-order valence-electron chi connectivity index (χ1n) is 8.14. The number of hydrogen-bond acceptors (Lipinski definition) is 4. The van der Waals surface area contributed by atoms with Crippen LogP contribution in [0.25, 0.3) is 11.1 Å². The molecule has 0 aliphatic heterocycles. The van der Waals surface area contributed by atoms with Gasteiger partial charge in [-0.2, -0.15) is 0 Å². The fourth-order valence-corrected chi connectivity index (χ4v) is 2.47. The number of fused-ring (bicyclic) bond motifs is 1. The Balaban J connectivity index is 1.54. The number of ether oxygens (including phenoxy) is 1. The van der Waals surface area contributed by atoms with Crippen LogP contribution in [-0.2, 0) is 6.42 Å². The normalized spacial score (nSPS) is 10.7. The lowest BCUT2D eigenvalue weighted by atomic mass is 10.1. The quantitative estimate of drug-likeness (QED) is 0.630. The van der Waals surface area contributed by atoms with E-state index < -0.39 is 17.6 Å². The van der Waals surface area contributed by atoms with Crippen molar-refractivity contribution in [2.24, 2.45) is 0 Å². The molecule has 0 aliphatic rings. The highest BCUT2D eigenvalue weighted by atomic mass is 19.1. The number of rotatable bonds is 6. The van der Waals surface area contributed by atoms with E-state index in [9.17, 15) is 14.0 Å². The number of carbonyl (C=O) groups is 1. The summed E-state index contributed by atoms with van der Waals surface area (Å²) in [5, 5.41) is 5.05. The summed E-state index contributed by atoms with van der Waals surface area (Å²) in [5.41, 5.74) is 1.37. The summed E-state index contributed by atoms with van der Waals surface area (Å²) in [6, 6.07) is 9.39. The lowest BCUT2D eigenvalue weighted by Gasteiger charge is -2.09. The van der Waals surface area contributed by atoms with Crippen LogP contribution in [0.4, 0.5) is 14.9 Å². The molecule has 1 aromatic heterocycles. The first-order chi connectivity index (χ1) is 12.5. The third-order valence-corrected chi connectivity index (χ3v) is 3.69. The summed E-state index contributed by atoms with van der Waals surface area (Å²) >= 11 is 0. The van der Waals surface area contributed by atoms with E-state index in [1.165, 1.54) is 6.07 Å². The highest BCUT2D eigenvalue weighted by Gasteiger charge is 2.11. The zero-order valence-corrected chi connectivity index (χ0v) is 14.1. The molecule has 0 unspecified atom stereocenters. The molecule has 0 aliphatic carbocycles. The van der Waals surface area contributed by atoms with Crippen LogP contribution in [0.2, 0.25) is 0 Å². The van der Waals surface area contributed by atoms with E-state index >= 15 is 0 Å². The summed E-state index contributed by atoms with van der Waals surface area (Å²) < 4.78 is 24.2. The van der Waals surface area contributed by atoms with Gasteiger partial charge in [0.05, 0.1) is 17.8 Å². The zero-order valence-electron chi connectivity index (χ0n) is 14.1. The summed E-state index contributed by atoms with van der Waals surface area (Å²) in [7, 11) is 0. The molecule has 0 spiro atoms. The lowest BCUT2D eigenvalue weighted by Crippen LogP contribution is -2.30. The molecular formula is C18H18FN3O4. The first-order valence-corrected chi connectivity index (χ1v) is 8.14. The number of anilines is 1. The second kappa shape index (κ2) is 7.73. The monoisotopic (exact) mass is 359 g/mol. The van der Waals surface area contributed by atoms with Crippen LogP contribution in [0.3, 0.4) is 0 Å². The van der Waals surface area contributed by atoms with Crippen LogP contribution in [0, 0.1) is 5.82 Å². The number of amides is 2. The fourth-order valence-electron chi connectivity index (χ4n) is 2.47. The molecule has 0 saturated heterocycles. The van der Waals surface area contributed by atoms with Crippen molar-refractivity contribution in [2.45, 2.75) is 13.3 Å². The number of halogens is 1. The molecule has 0 saturated carbocycles. The van der Waals surface area contributed by atoms with Gasteiger partial charge in [0.1, 0.15) is 11.6 Å². The SMILES string of the molecule is CCOc1ccc(CCNC(=O)Nc2cc3oc(=O)[nH]c3cc2F)cc1. The van der Waals surface area contributed by atoms with Gasteiger partial charge in [-0.25, -0.2) is 14.0 Å². The van der Waals surface area contributed by atoms with Crippen molar-refractivity contribution in [1.29, 1.82) is 0 Å². The molecule has 0 bridgehead atoms. The molecule has 3 rings (SSSR count). The van der Waals surface area contributed by atoms with Gasteiger partial charge in [-0.05, 0) is 31.0 Å². The molecule has 8 heteroatoms. The van der Waals surface area contributed by atoms with Gasteiger partial charge in [0.15, 0.2) is 5.58 Å². The average Bonchev–Trinajstić information content (AvgIpc) is 2.96. The Morgan fingerprint density at radius 3 is 2.77 bits per heavy atom. The van der Waals surface area contributed by atoms with Crippen molar-refractivity contribution in [3.8, 4) is 5.75 Å². The van der Waals surface area contributed by atoms with Gasteiger partial charge in [-0.1, -0.05) is 12.1 Å². The maximum atomic E-state index is 14.0. The van der Waals surface area contributed by atoms with Crippen molar-refractivity contribution < 1.29 is 18.3 Å². The molecule has 136 valence electrons. The highest BCUT2D eigenvalue weighted by Crippen LogP contribution is 2.20. The zero-order chi connectivity index (χ0) is 18.5. The van der Waals surface area contributed by atoms with Crippen LogP contribution in [-0.4, -0.2) is 24.2 Å². The number of aromatic nitrogens is 1.